The summed E-state index contributed by atoms with van der Waals surface area (Å²) in [4.78, 5) is 25.9. The van der Waals surface area contributed by atoms with Crippen LogP contribution in [0.25, 0.3) is 23.0 Å². The number of halogens is 6. The third kappa shape index (κ3) is 10.9. The van der Waals surface area contributed by atoms with Gasteiger partial charge < -0.3 is 28.7 Å². The Labute approximate surface area is 399 Å². The second-order valence-electron chi connectivity index (χ2n) is 17.6. The topological polar surface area (TPSA) is 126 Å². The molecule has 0 unspecified atom stereocenters. The van der Waals surface area contributed by atoms with E-state index < -0.39 is 23.5 Å². The summed E-state index contributed by atoms with van der Waals surface area (Å²) < 4.78 is 81.2. The number of rotatable bonds is 14. The monoisotopic (exact) mass is 978 g/mol. The van der Waals surface area contributed by atoms with E-state index in [1.165, 1.54) is 36.9 Å². The predicted molar refractivity (Wildman–Crippen MR) is 249 cm³/mol. The number of benzene rings is 2. The molecule has 360 valence electrons. The number of hydrogen-bond acceptors (Lipinski definition) is 14. The summed E-state index contributed by atoms with van der Waals surface area (Å²) in [6, 6.07) is 15.6. The van der Waals surface area contributed by atoms with E-state index >= 15 is 0 Å². The number of likely N-dealkylation sites (tertiary alicyclic amines) is 2. The van der Waals surface area contributed by atoms with Crippen molar-refractivity contribution >= 4 is 34.9 Å². The van der Waals surface area contributed by atoms with Crippen molar-refractivity contribution in [2.45, 2.75) is 60.4 Å². The molecular weight excluding hydrogens is 927 g/mol. The lowest BCUT2D eigenvalue weighted by molar-refractivity contribution is -0.138. The van der Waals surface area contributed by atoms with Crippen LogP contribution < -0.4 is 9.80 Å². The highest BCUT2D eigenvalue weighted by Gasteiger charge is 2.43. The Balaban J connectivity index is 0.000000170. The van der Waals surface area contributed by atoms with Crippen LogP contribution in [-0.4, -0.2) is 135 Å². The molecule has 68 heavy (non-hydrogen) atoms. The summed E-state index contributed by atoms with van der Waals surface area (Å²) in [6.07, 6.45) is 2.01. The van der Waals surface area contributed by atoms with Crippen LogP contribution in [0.15, 0.2) is 96.0 Å². The van der Waals surface area contributed by atoms with Crippen molar-refractivity contribution in [2.75, 3.05) is 73.7 Å². The molecule has 22 heteroatoms. The first-order valence-electron chi connectivity index (χ1n) is 22.7. The molecule has 0 saturated carbocycles. The Morgan fingerprint density at radius 1 is 0.544 bits per heavy atom. The van der Waals surface area contributed by atoms with E-state index in [0.717, 1.165) is 134 Å². The molecule has 4 atom stereocenters. The largest absolute Gasteiger partial charge is 0.416 e. The van der Waals surface area contributed by atoms with Gasteiger partial charge in [0.05, 0.1) is 11.1 Å². The number of aromatic nitrogens is 10. The van der Waals surface area contributed by atoms with Gasteiger partial charge in [-0.1, -0.05) is 23.5 Å². The highest BCUT2D eigenvalue weighted by Crippen LogP contribution is 2.39. The summed E-state index contributed by atoms with van der Waals surface area (Å²) in [5.41, 5.74) is 2.09. The van der Waals surface area contributed by atoms with Gasteiger partial charge in [0.25, 0.3) is 0 Å². The first-order valence-corrected chi connectivity index (χ1v) is 24.7. The van der Waals surface area contributed by atoms with Crippen LogP contribution >= 0.6 is 23.5 Å². The van der Waals surface area contributed by atoms with Crippen LogP contribution in [0.2, 0.25) is 0 Å². The molecule has 6 aromatic rings. The highest BCUT2D eigenvalue weighted by atomic mass is 32.2. The van der Waals surface area contributed by atoms with Gasteiger partial charge in [-0.3, -0.25) is 0 Å². The Hall–Kier alpha value is -5.32. The van der Waals surface area contributed by atoms with Crippen LogP contribution in [0.4, 0.5) is 37.7 Å². The molecule has 0 amide bonds. The quantitative estimate of drug-likeness (QED) is 0.0595. The minimum Gasteiger partial charge on any atom is -0.367 e. The van der Waals surface area contributed by atoms with Crippen molar-refractivity contribution in [3.05, 3.63) is 96.8 Å². The van der Waals surface area contributed by atoms with Gasteiger partial charge in [0, 0.05) is 101 Å². The molecule has 14 nitrogen and oxygen atoms in total. The fourth-order valence-corrected chi connectivity index (χ4v) is 11.5. The van der Waals surface area contributed by atoms with Gasteiger partial charge in [-0.05, 0) is 111 Å². The van der Waals surface area contributed by atoms with Gasteiger partial charge >= 0.3 is 12.4 Å². The Kier molecular flexibility index (Phi) is 14.5. The lowest BCUT2D eigenvalue weighted by Crippen LogP contribution is -2.35. The first kappa shape index (κ1) is 47.7. The zero-order valence-corrected chi connectivity index (χ0v) is 39.3. The van der Waals surface area contributed by atoms with Crippen LogP contribution in [0, 0.1) is 11.8 Å². The molecule has 2 aromatic carbocycles. The van der Waals surface area contributed by atoms with Crippen molar-refractivity contribution < 1.29 is 26.3 Å². The predicted octanol–water partition coefficient (Wildman–Crippen LogP) is 7.97. The highest BCUT2D eigenvalue weighted by molar-refractivity contribution is 7.99. The van der Waals surface area contributed by atoms with E-state index in [2.05, 4.69) is 59.9 Å². The smallest absolute Gasteiger partial charge is 0.367 e. The van der Waals surface area contributed by atoms with E-state index in [4.69, 9.17) is 0 Å². The van der Waals surface area contributed by atoms with Crippen LogP contribution in [0.3, 0.4) is 0 Å². The Morgan fingerprint density at radius 2 is 0.956 bits per heavy atom. The first-order chi connectivity index (χ1) is 32.8. The number of thioether (sulfide) groups is 2. The molecule has 4 fully saturated rings. The van der Waals surface area contributed by atoms with E-state index in [-0.39, 0.29) is 0 Å². The van der Waals surface area contributed by atoms with Crippen LogP contribution in [0.1, 0.15) is 36.8 Å². The standard InChI is InChI=1S/2C23H26F3N7S/c2*1-31-21(19-7-9-27-15-28-19)29-30-22(31)34-12-2-10-32-13-16-8-11-33(20(16)14-32)18-5-3-17(4-6-18)23(24,25)26/h2*3-7,9,15-16,20H,2,8,10-14H2,1H3/t2*16-,20+/m10/s1. The van der Waals surface area contributed by atoms with Crippen molar-refractivity contribution in [2.24, 2.45) is 25.9 Å². The third-order valence-electron chi connectivity index (χ3n) is 13.3. The molecule has 10 rings (SSSR count). The van der Waals surface area contributed by atoms with E-state index in [1.807, 2.05) is 35.4 Å². The van der Waals surface area contributed by atoms with Gasteiger partial charge in [-0.15, -0.1) is 20.4 Å². The molecule has 0 radical (unpaired) electrons. The molecule has 8 heterocycles. The maximum atomic E-state index is 12.9. The molecule has 4 saturated heterocycles. The number of nitrogens with zero attached hydrogens (tertiary/aromatic N) is 14. The summed E-state index contributed by atoms with van der Waals surface area (Å²) in [7, 11) is 3.88. The van der Waals surface area contributed by atoms with Crippen molar-refractivity contribution in [3.8, 4) is 23.0 Å². The van der Waals surface area contributed by atoms with Gasteiger partial charge in [0.2, 0.25) is 0 Å². The molecule has 4 aliphatic heterocycles. The van der Waals surface area contributed by atoms with Gasteiger partial charge in [-0.25, -0.2) is 19.9 Å². The average molecular weight is 979 g/mol. The van der Waals surface area contributed by atoms with E-state index in [0.29, 0.717) is 23.9 Å². The van der Waals surface area contributed by atoms with Crippen molar-refractivity contribution in [3.63, 3.8) is 0 Å². The Bertz CT molecular complexity index is 2390. The second-order valence-corrected chi connectivity index (χ2v) is 19.7. The van der Waals surface area contributed by atoms with E-state index in [1.54, 1.807) is 60.2 Å². The molecule has 0 N–H and O–H groups in total. The number of alkyl halides is 6. The minimum atomic E-state index is -4.29. The maximum Gasteiger partial charge on any atom is 0.416 e. The third-order valence-corrected chi connectivity index (χ3v) is 15.5. The summed E-state index contributed by atoms with van der Waals surface area (Å²) >= 11 is 3.37. The van der Waals surface area contributed by atoms with Crippen LogP contribution in [0.5, 0.6) is 0 Å². The van der Waals surface area contributed by atoms with Crippen molar-refractivity contribution in [1.82, 2.24) is 59.3 Å². The van der Waals surface area contributed by atoms with Gasteiger partial charge in [0.15, 0.2) is 22.0 Å². The van der Waals surface area contributed by atoms with Crippen LogP contribution in [-0.2, 0) is 26.4 Å². The maximum absolute atomic E-state index is 12.9. The van der Waals surface area contributed by atoms with Gasteiger partial charge in [0.1, 0.15) is 24.0 Å². The number of hydrogen-bond donors (Lipinski definition) is 0. The van der Waals surface area contributed by atoms with E-state index in [9.17, 15) is 26.3 Å². The zero-order valence-electron chi connectivity index (χ0n) is 37.6. The summed E-state index contributed by atoms with van der Waals surface area (Å²) in [6.45, 7) is 7.82. The minimum absolute atomic E-state index is 0.374. The molecule has 0 spiro atoms. The molecule has 0 aliphatic carbocycles. The van der Waals surface area contributed by atoms with Crippen molar-refractivity contribution in [1.29, 1.82) is 0 Å². The normalized spacial score (nSPS) is 20.8. The fraction of sp³-hybridized carbons (Fsp3) is 0.478. The molecule has 4 aromatic heterocycles. The molecular formula is C46H52F6N14S2. The van der Waals surface area contributed by atoms with Gasteiger partial charge in [-0.2, -0.15) is 26.3 Å². The Morgan fingerprint density at radius 3 is 1.32 bits per heavy atom. The zero-order chi connectivity index (χ0) is 47.4. The summed E-state index contributed by atoms with van der Waals surface area (Å²) in [5, 5.41) is 18.8. The summed E-state index contributed by atoms with van der Waals surface area (Å²) in [5.74, 6) is 4.46. The number of fused-ring (bicyclic) bond motifs is 2. The SMILES string of the molecule is Cn1c(SCCCN2C[C@@H]3CCN(c4ccc(C(F)(F)F)cc4)[C@@H]3C2)nnc1-c1ccncn1.Cn1c(SCCCN2C[C@H]3CCN(c4ccc(C(F)(F)F)cc4)[C@H]3C2)nnc1-c1ccncn1. The molecule has 4 aliphatic rings. The fourth-order valence-electron chi connectivity index (χ4n) is 9.86. The second kappa shape index (κ2) is 20.7. The lowest BCUT2D eigenvalue weighted by atomic mass is 10.0. The molecule has 0 bridgehead atoms. The number of anilines is 2. The average Bonchev–Trinajstić information content (AvgIpc) is 4.20. The lowest BCUT2D eigenvalue weighted by Gasteiger charge is -2.27.